The van der Waals surface area contributed by atoms with Gasteiger partial charge in [-0.3, -0.25) is 14.2 Å². The number of aromatic nitrogens is 1. The summed E-state index contributed by atoms with van der Waals surface area (Å²) >= 11 is 0. The number of carbonyl (C=O) groups is 2. The molecule has 2 aromatic carbocycles. The molecule has 1 aromatic heterocycles. The quantitative estimate of drug-likeness (QED) is 0.616. The maximum Gasteiger partial charge on any atom is 0.419 e. The Morgan fingerprint density at radius 2 is 1.78 bits per heavy atom. The Kier molecular flexibility index (Phi) is 6.04. The normalized spacial score (nSPS) is 10.7. The standard InChI is InChI=1S/C20H20N2O5/c23-18(21-13-19(24)26-14-15-7-2-1-3-8-15)11-6-12-22-16-9-4-5-10-17(16)27-20(22)25/h1-5,7-10H,6,11-14H2,(H,21,23). The smallest absolute Gasteiger partial charge is 0.419 e. The van der Waals surface area contributed by atoms with E-state index in [1.165, 1.54) is 4.57 Å². The fourth-order valence-corrected chi connectivity index (χ4v) is 2.67. The molecule has 0 saturated carbocycles. The molecule has 1 heterocycles. The monoisotopic (exact) mass is 368 g/mol. The van der Waals surface area contributed by atoms with Gasteiger partial charge in [0.25, 0.3) is 0 Å². The van der Waals surface area contributed by atoms with E-state index in [-0.39, 0.29) is 25.5 Å². The second kappa shape index (κ2) is 8.84. The van der Waals surface area contributed by atoms with Gasteiger partial charge in [-0.15, -0.1) is 0 Å². The summed E-state index contributed by atoms with van der Waals surface area (Å²) in [6, 6.07) is 16.4. The van der Waals surface area contributed by atoms with E-state index < -0.39 is 11.7 Å². The molecule has 1 amide bonds. The highest BCUT2D eigenvalue weighted by atomic mass is 16.5. The lowest BCUT2D eigenvalue weighted by Gasteiger charge is -2.07. The van der Waals surface area contributed by atoms with E-state index in [0.717, 1.165) is 5.56 Å². The van der Waals surface area contributed by atoms with Crippen molar-refractivity contribution in [3.8, 4) is 0 Å². The zero-order valence-corrected chi connectivity index (χ0v) is 14.7. The van der Waals surface area contributed by atoms with E-state index in [9.17, 15) is 14.4 Å². The molecule has 0 fully saturated rings. The third-order valence-corrected chi connectivity index (χ3v) is 4.03. The number of carbonyl (C=O) groups excluding carboxylic acids is 2. The van der Waals surface area contributed by atoms with Crippen molar-refractivity contribution in [2.75, 3.05) is 6.54 Å². The number of nitrogens with one attached hydrogen (secondary N) is 1. The van der Waals surface area contributed by atoms with E-state index in [4.69, 9.17) is 9.15 Å². The van der Waals surface area contributed by atoms with Crippen LogP contribution in [0.3, 0.4) is 0 Å². The number of aryl methyl sites for hydroxylation is 1. The van der Waals surface area contributed by atoms with Gasteiger partial charge in [0.1, 0.15) is 13.2 Å². The van der Waals surface area contributed by atoms with Gasteiger partial charge in [0.15, 0.2) is 5.58 Å². The van der Waals surface area contributed by atoms with Crippen LogP contribution in [0.4, 0.5) is 0 Å². The van der Waals surface area contributed by atoms with Crippen LogP contribution in [-0.4, -0.2) is 23.0 Å². The Balaban J connectivity index is 1.39. The number of para-hydroxylation sites is 2. The fraction of sp³-hybridized carbons (Fsp3) is 0.250. The number of ether oxygens (including phenoxy) is 1. The third kappa shape index (κ3) is 5.07. The maximum atomic E-state index is 11.9. The highest BCUT2D eigenvalue weighted by Gasteiger charge is 2.10. The second-order valence-corrected chi connectivity index (χ2v) is 6.01. The van der Waals surface area contributed by atoms with Gasteiger partial charge in [0.05, 0.1) is 5.52 Å². The van der Waals surface area contributed by atoms with Gasteiger partial charge < -0.3 is 14.5 Å². The molecule has 0 aliphatic rings. The molecule has 0 saturated heterocycles. The van der Waals surface area contributed by atoms with Crippen LogP contribution >= 0.6 is 0 Å². The van der Waals surface area contributed by atoms with Gasteiger partial charge >= 0.3 is 11.7 Å². The highest BCUT2D eigenvalue weighted by Crippen LogP contribution is 2.12. The summed E-state index contributed by atoms with van der Waals surface area (Å²) in [6.45, 7) is 0.355. The first-order valence-corrected chi connectivity index (χ1v) is 8.68. The molecule has 1 N–H and O–H groups in total. The van der Waals surface area contributed by atoms with Crippen LogP contribution in [0.2, 0.25) is 0 Å². The molecule has 3 aromatic rings. The third-order valence-electron chi connectivity index (χ3n) is 4.03. The molecule has 7 heteroatoms. The van der Waals surface area contributed by atoms with E-state index in [1.807, 2.05) is 36.4 Å². The van der Waals surface area contributed by atoms with Crippen molar-refractivity contribution in [1.29, 1.82) is 0 Å². The first-order valence-electron chi connectivity index (χ1n) is 8.68. The summed E-state index contributed by atoms with van der Waals surface area (Å²) in [5.74, 6) is -1.21. The molecule has 0 aliphatic carbocycles. The van der Waals surface area contributed by atoms with E-state index in [2.05, 4.69) is 5.32 Å². The molecule has 140 valence electrons. The van der Waals surface area contributed by atoms with Crippen molar-refractivity contribution in [2.24, 2.45) is 0 Å². The summed E-state index contributed by atoms with van der Waals surface area (Å²) in [6.07, 6.45) is 0.645. The lowest BCUT2D eigenvalue weighted by atomic mass is 10.2. The Bertz CT molecular complexity index is 975. The Morgan fingerprint density at radius 3 is 2.59 bits per heavy atom. The van der Waals surface area contributed by atoms with Gasteiger partial charge in [-0.25, -0.2) is 4.79 Å². The van der Waals surface area contributed by atoms with Gasteiger partial charge in [-0.2, -0.15) is 0 Å². The molecule has 0 aliphatic heterocycles. The molecule has 0 unspecified atom stereocenters. The lowest BCUT2D eigenvalue weighted by molar-refractivity contribution is -0.145. The summed E-state index contributed by atoms with van der Waals surface area (Å²) in [5.41, 5.74) is 2.11. The van der Waals surface area contributed by atoms with Crippen LogP contribution in [0.15, 0.2) is 63.8 Å². The molecule has 27 heavy (non-hydrogen) atoms. The predicted octanol–water partition coefficient (Wildman–Crippen LogP) is 2.23. The Labute approximate surface area is 155 Å². The van der Waals surface area contributed by atoms with Crippen LogP contribution in [0.1, 0.15) is 18.4 Å². The molecule has 7 nitrogen and oxygen atoms in total. The van der Waals surface area contributed by atoms with Gasteiger partial charge in [0, 0.05) is 13.0 Å². The van der Waals surface area contributed by atoms with Crippen molar-refractivity contribution in [1.82, 2.24) is 9.88 Å². The van der Waals surface area contributed by atoms with Crippen molar-refractivity contribution in [2.45, 2.75) is 26.0 Å². The van der Waals surface area contributed by atoms with Crippen LogP contribution in [0, 0.1) is 0 Å². The highest BCUT2D eigenvalue weighted by molar-refractivity contribution is 5.81. The number of nitrogens with zero attached hydrogens (tertiary/aromatic N) is 1. The molecule has 0 bridgehead atoms. The van der Waals surface area contributed by atoms with Crippen molar-refractivity contribution in [3.63, 3.8) is 0 Å². The second-order valence-electron chi connectivity index (χ2n) is 6.01. The minimum Gasteiger partial charge on any atom is -0.460 e. The number of esters is 1. The summed E-state index contributed by atoms with van der Waals surface area (Å²) in [5, 5.41) is 2.53. The van der Waals surface area contributed by atoms with Crippen LogP contribution in [-0.2, 0) is 27.5 Å². The van der Waals surface area contributed by atoms with Crippen LogP contribution in [0.25, 0.3) is 11.1 Å². The lowest BCUT2D eigenvalue weighted by Crippen LogP contribution is -2.30. The Hall–Kier alpha value is -3.35. The summed E-state index contributed by atoms with van der Waals surface area (Å²) in [4.78, 5) is 35.4. The number of hydrogen-bond acceptors (Lipinski definition) is 5. The minimum atomic E-state index is -0.496. The van der Waals surface area contributed by atoms with E-state index in [0.29, 0.717) is 24.1 Å². The SMILES string of the molecule is O=C(CCCn1c(=O)oc2ccccc21)NCC(=O)OCc1ccccc1. The molecule has 0 atom stereocenters. The van der Waals surface area contributed by atoms with Crippen LogP contribution in [0.5, 0.6) is 0 Å². The number of benzene rings is 2. The largest absolute Gasteiger partial charge is 0.460 e. The first-order chi connectivity index (χ1) is 13.1. The predicted molar refractivity (Wildman–Crippen MR) is 99.0 cm³/mol. The van der Waals surface area contributed by atoms with E-state index in [1.54, 1.807) is 18.2 Å². The number of fused-ring (bicyclic) bond motifs is 1. The van der Waals surface area contributed by atoms with Crippen molar-refractivity contribution < 1.29 is 18.7 Å². The van der Waals surface area contributed by atoms with Crippen LogP contribution < -0.4 is 11.1 Å². The van der Waals surface area contributed by atoms with Gasteiger partial charge in [0.2, 0.25) is 5.91 Å². The maximum absolute atomic E-state index is 11.9. The number of oxazole rings is 1. The van der Waals surface area contributed by atoms with Crippen molar-refractivity contribution >= 4 is 23.0 Å². The summed E-state index contributed by atoms with van der Waals surface area (Å²) < 4.78 is 11.7. The molecule has 0 spiro atoms. The number of amides is 1. The average molecular weight is 368 g/mol. The number of hydrogen-bond donors (Lipinski definition) is 1. The molecule has 3 rings (SSSR count). The molecular weight excluding hydrogens is 348 g/mol. The first kappa shape index (κ1) is 18.4. The molecular formula is C20H20N2O5. The number of rotatable bonds is 8. The van der Waals surface area contributed by atoms with Gasteiger partial charge in [-0.1, -0.05) is 42.5 Å². The minimum absolute atomic E-state index is 0.173. The fourth-order valence-electron chi connectivity index (χ4n) is 2.67. The topological polar surface area (TPSA) is 90.5 Å². The van der Waals surface area contributed by atoms with Gasteiger partial charge in [-0.05, 0) is 24.1 Å². The zero-order valence-electron chi connectivity index (χ0n) is 14.7. The Morgan fingerprint density at radius 1 is 1.04 bits per heavy atom. The summed E-state index contributed by atoms with van der Waals surface area (Å²) in [7, 11) is 0. The van der Waals surface area contributed by atoms with Crippen molar-refractivity contribution in [3.05, 3.63) is 70.7 Å². The molecule has 0 radical (unpaired) electrons. The van der Waals surface area contributed by atoms with E-state index >= 15 is 0 Å². The zero-order chi connectivity index (χ0) is 19.1. The average Bonchev–Trinajstić information content (AvgIpc) is 3.01.